The highest BCUT2D eigenvalue weighted by Gasteiger charge is 2.10. The van der Waals surface area contributed by atoms with Crippen molar-refractivity contribution in [3.8, 4) is 0 Å². The number of para-hydroxylation sites is 1. The Kier molecular flexibility index (Phi) is 6.19. The van der Waals surface area contributed by atoms with Crippen molar-refractivity contribution >= 4 is 33.4 Å². The lowest BCUT2D eigenvalue weighted by Gasteiger charge is -2.23. The summed E-state index contributed by atoms with van der Waals surface area (Å²) in [4.78, 5) is 11.5. The minimum atomic E-state index is 0.638. The first kappa shape index (κ1) is 16.7. The van der Waals surface area contributed by atoms with E-state index >= 15 is 0 Å². The number of hydrogen-bond donors (Lipinski definition) is 1. The second-order valence-corrected chi connectivity index (χ2v) is 6.14. The minimum absolute atomic E-state index is 0.638. The predicted molar refractivity (Wildman–Crippen MR) is 97.0 cm³/mol. The van der Waals surface area contributed by atoms with Crippen LogP contribution in [0.5, 0.6) is 0 Å². The lowest BCUT2D eigenvalue weighted by Crippen LogP contribution is -2.26. The van der Waals surface area contributed by atoms with E-state index in [1.165, 1.54) is 0 Å². The average Bonchev–Trinajstić information content (AvgIpc) is 2.49. The molecule has 0 saturated heterocycles. The molecule has 0 aliphatic rings. The number of rotatable bonds is 7. The SMILES string of the molecule is CCCN(CCC)c1cc(C)nc(Nc2ccccc2Br)n1. The number of benzene rings is 1. The molecule has 1 aromatic heterocycles. The molecule has 0 amide bonds. The molecule has 0 spiro atoms. The number of halogens is 1. The Morgan fingerprint density at radius 1 is 1.09 bits per heavy atom. The Morgan fingerprint density at radius 3 is 2.41 bits per heavy atom. The van der Waals surface area contributed by atoms with E-state index in [-0.39, 0.29) is 0 Å². The maximum atomic E-state index is 4.69. The summed E-state index contributed by atoms with van der Waals surface area (Å²) < 4.78 is 1.00. The summed E-state index contributed by atoms with van der Waals surface area (Å²) in [6.07, 6.45) is 2.21. The summed E-state index contributed by atoms with van der Waals surface area (Å²) in [6, 6.07) is 10.0. The average molecular weight is 363 g/mol. The number of anilines is 3. The van der Waals surface area contributed by atoms with Gasteiger partial charge in [-0.25, -0.2) is 4.98 Å². The molecule has 22 heavy (non-hydrogen) atoms. The second kappa shape index (κ2) is 8.13. The highest BCUT2D eigenvalue weighted by atomic mass is 79.9. The smallest absolute Gasteiger partial charge is 0.229 e. The molecule has 0 unspecified atom stereocenters. The Labute approximate surface area is 141 Å². The van der Waals surface area contributed by atoms with Crippen molar-refractivity contribution in [2.45, 2.75) is 33.6 Å². The van der Waals surface area contributed by atoms with Crippen molar-refractivity contribution in [2.24, 2.45) is 0 Å². The molecule has 0 atom stereocenters. The van der Waals surface area contributed by atoms with Crippen molar-refractivity contribution < 1.29 is 0 Å². The third-order valence-electron chi connectivity index (χ3n) is 3.27. The van der Waals surface area contributed by atoms with Gasteiger partial charge in [-0.1, -0.05) is 26.0 Å². The monoisotopic (exact) mass is 362 g/mol. The van der Waals surface area contributed by atoms with E-state index in [0.29, 0.717) is 5.95 Å². The number of nitrogens with zero attached hydrogens (tertiary/aromatic N) is 3. The van der Waals surface area contributed by atoms with Crippen molar-refractivity contribution in [3.63, 3.8) is 0 Å². The lowest BCUT2D eigenvalue weighted by atomic mass is 10.3. The van der Waals surface area contributed by atoms with E-state index in [1.807, 2.05) is 31.2 Å². The van der Waals surface area contributed by atoms with Crippen LogP contribution in [0.15, 0.2) is 34.8 Å². The zero-order valence-electron chi connectivity index (χ0n) is 13.4. The van der Waals surface area contributed by atoms with Gasteiger partial charge in [-0.2, -0.15) is 4.98 Å². The largest absolute Gasteiger partial charge is 0.356 e. The summed E-state index contributed by atoms with van der Waals surface area (Å²) >= 11 is 3.54. The Morgan fingerprint density at radius 2 is 1.77 bits per heavy atom. The summed E-state index contributed by atoms with van der Waals surface area (Å²) in [7, 11) is 0. The van der Waals surface area contributed by atoms with E-state index in [1.54, 1.807) is 0 Å². The molecule has 0 aliphatic heterocycles. The molecule has 2 aromatic rings. The molecule has 5 heteroatoms. The lowest BCUT2D eigenvalue weighted by molar-refractivity contribution is 0.732. The van der Waals surface area contributed by atoms with Crippen molar-refractivity contribution in [1.29, 1.82) is 0 Å². The zero-order chi connectivity index (χ0) is 15.9. The highest BCUT2D eigenvalue weighted by molar-refractivity contribution is 9.10. The van der Waals surface area contributed by atoms with Gasteiger partial charge >= 0.3 is 0 Å². The number of aromatic nitrogens is 2. The maximum absolute atomic E-state index is 4.69. The van der Waals surface area contributed by atoms with Crippen molar-refractivity contribution in [2.75, 3.05) is 23.3 Å². The van der Waals surface area contributed by atoms with Crippen LogP contribution in [0.3, 0.4) is 0 Å². The van der Waals surface area contributed by atoms with Crippen molar-refractivity contribution in [3.05, 3.63) is 40.5 Å². The van der Waals surface area contributed by atoms with Gasteiger partial charge in [0.2, 0.25) is 5.95 Å². The van der Waals surface area contributed by atoms with Crippen LogP contribution in [-0.2, 0) is 0 Å². The third-order valence-corrected chi connectivity index (χ3v) is 3.96. The van der Waals surface area contributed by atoms with Crippen LogP contribution in [0.1, 0.15) is 32.4 Å². The molecule has 1 heterocycles. The summed E-state index contributed by atoms with van der Waals surface area (Å²) in [5.41, 5.74) is 1.94. The molecule has 1 N–H and O–H groups in total. The van der Waals surface area contributed by atoms with E-state index in [9.17, 15) is 0 Å². The van der Waals surface area contributed by atoms with Crippen LogP contribution < -0.4 is 10.2 Å². The molecule has 118 valence electrons. The Balaban J connectivity index is 2.27. The van der Waals surface area contributed by atoms with Gasteiger partial charge in [-0.15, -0.1) is 0 Å². The van der Waals surface area contributed by atoms with Gasteiger partial charge in [0, 0.05) is 29.3 Å². The van der Waals surface area contributed by atoms with Gasteiger partial charge in [-0.3, -0.25) is 0 Å². The Bertz CT molecular complexity index is 609. The van der Waals surface area contributed by atoms with Crippen molar-refractivity contribution in [1.82, 2.24) is 9.97 Å². The molecule has 4 nitrogen and oxygen atoms in total. The van der Waals surface area contributed by atoms with Gasteiger partial charge in [-0.05, 0) is 47.8 Å². The molecular weight excluding hydrogens is 340 g/mol. The summed E-state index contributed by atoms with van der Waals surface area (Å²) in [6.45, 7) is 8.41. The minimum Gasteiger partial charge on any atom is -0.356 e. The first-order valence-corrected chi connectivity index (χ1v) is 8.55. The normalized spacial score (nSPS) is 10.5. The first-order chi connectivity index (χ1) is 10.6. The number of hydrogen-bond acceptors (Lipinski definition) is 4. The second-order valence-electron chi connectivity index (χ2n) is 5.28. The number of nitrogens with one attached hydrogen (secondary N) is 1. The zero-order valence-corrected chi connectivity index (χ0v) is 15.0. The maximum Gasteiger partial charge on any atom is 0.229 e. The Hall–Kier alpha value is -1.62. The molecule has 0 fully saturated rings. The number of aryl methyl sites for hydroxylation is 1. The predicted octanol–water partition coefficient (Wildman–Crippen LogP) is 4.92. The van der Waals surface area contributed by atoms with Crippen LogP contribution in [0, 0.1) is 6.92 Å². The van der Waals surface area contributed by atoms with E-state index < -0.39 is 0 Å². The van der Waals surface area contributed by atoms with E-state index in [0.717, 1.165) is 47.6 Å². The van der Waals surface area contributed by atoms with Gasteiger partial charge in [0.1, 0.15) is 5.82 Å². The fourth-order valence-electron chi connectivity index (χ4n) is 2.33. The molecule has 2 rings (SSSR count). The molecule has 0 radical (unpaired) electrons. The quantitative estimate of drug-likeness (QED) is 0.758. The summed E-state index contributed by atoms with van der Waals surface area (Å²) in [5.74, 6) is 1.63. The van der Waals surface area contributed by atoms with E-state index in [2.05, 4.69) is 51.0 Å². The van der Waals surface area contributed by atoms with E-state index in [4.69, 9.17) is 4.98 Å². The first-order valence-electron chi connectivity index (χ1n) is 7.76. The van der Waals surface area contributed by atoms with Gasteiger partial charge in [0.25, 0.3) is 0 Å². The van der Waals surface area contributed by atoms with Gasteiger partial charge < -0.3 is 10.2 Å². The molecule has 0 saturated carbocycles. The standard InChI is InChI=1S/C17H23BrN4/c1-4-10-22(11-5-2)16-12-13(3)19-17(21-16)20-15-9-7-6-8-14(15)18/h6-9,12H,4-5,10-11H2,1-3H3,(H,19,20,21). The van der Waals surface area contributed by atoms with Crippen LogP contribution in [0.2, 0.25) is 0 Å². The van der Waals surface area contributed by atoms with Crippen LogP contribution in [0.25, 0.3) is 0 Å². The molecule has 1 aromatic carbocycles. The van der Waals surface area contributed by atoms with Crippen LogP contribution >= 0.6 is 15.9 Å². The fraction of sp³-hybridized carbons (Fsp3) is 0.412. The topological polar surface area (TPSA) is 41.1 Å². The fourth-order valence-corrected chi connectivity index (χ4v) is 2.72. The molecular formula is C17H23BrN4. The molecule has 0 bridgehead atoms. The molecule has 0 aliphatic carbocycles. The van der Waals surface area contributed by atoms with Crippen LogP contribution in [0.4, 0.5) is 17.5 Å². The third kappa shape index (κ3) is 4.44. The highest BCUT2D eigenvalue weighted by Crippen LogP contribution is 2.25. The summed E-state index contributed by atoms with van der Waals surface area (Å²) in [5, 5.41) is 3.30. The van der Waals surface area contributed by atoms with Crippen LogP contribution in [-0.4, -0.2) is 23.1 Å². The van der Waals surface area contributed by atoms with Gasteiger partial charge in [0.15, 0.2) is 0 Å². The van der Waals surface area contributed by atoms with Gasteiger partial charge in [0.05, 0.1) is 5.69 Å².